The maximum absolute atomic E-state index is 5.68. The predicted octanol–water partition coefficient (Wildman–Crippen LogP) is 9.18. The average molecular weight is 500 g/mol. The Balaban J connectivity index is 1.50. The van der Waals surface area contributed by atoms with Gasteiger partial charge in [-0.1, -0.05) is 72.8 Å². The average Bonchev–Trinajstić information content (AvgIpc) is 3.68. The first-order valence-corrected chi connectivity index (χ1v) is 13.1. The highest BCUT2D eigenvalue weighted by atomic mass is 16.3. The molecule has 0 saturated carbocycles. The van der Waals surface area contributed by atoms with Crippen LogP contribution in [0.25, 0.3) is 76.9 Å². The number of aromatic nitrogens is 3. The summed E-state index contributed by atoms with van der Waals surface area (Å²) in [7, 11) is 0. The molecule has 0 saturated heterocycles. The topological polar surface area (TPSA) is 35.9 Å². The molecular formula is C35H21N3O. The number of fused-ring (bicyclic) bond motifs is 9. The van der Waals surface area contributed by atoms with Crippen LogP contribution in [0, 0.1) is 0 Å². The van der Waals surface area contributed by atoms with Crippen molar-refractivity contribution in [2.45, 2.75) is 0 Å². The van der Waals surface area contributed by atoms with Gasteiger partial charge < -0.3 is 13.6 Å². The van der Waals surface area contributed by atoms with E-state index in [-0.39, 0.29) is 0 Å². The number of para-hydroxylation sites is 2. The van der Waals surface area contributed by atoms with Gasteiger partial charge in [-0.15, -0.1) is 0 Å². The summed E-state index contributed by atoms with van der Waals surface area (Å²) in [5.41, 5.74) is 8.59. The molecule has 9 aromatic rings. The SMILES string of the molecule is c1ccc(-n2c3cc4c(cc3c3ccc5ccccc5c32)c2ccccc2n4-c2ccc3ncoc3c2)cc1. The van der Waals surface area contributed by atoms with Crippen LogP contribution in [0.1, 0.15) is 0 Å². The lowest BCUT2D eigenvalue weighted by atomic mass is 10.0. The summed E-state index contributed by atoms with van der Waals surface area (Å²) < 4.78 is 10.4. The molecule has 4 heteroatoms. The van der Waals surface area contributed by atoms with E-state index in [0.717, 1.165) is 28.0 Å². The second kappa shape index (κ2) is 7.59. The van der Waals surface area contributed by atoms with E-state index in [0.29, 0.717) is 0 Å². The van der Waals surface area contributed by atoms with Gasteiger partial charge in [-0.3, -0.25) is 0 Å². The lowest BCUT2D eigenvalue weighted by Gasteiger charge is -2.11. The number of hydrogen-bond donors (Lipinski definition) is 0. The molecule has 0 spiro atoms. The van der Waals surface area contributed by atoms with Crippen LogP contribution in [0.3, 0.4) is 0 Å². The van der Waals surface area contributed by atoms with E-state index in [1.165, 1.54) is 55.3 Å². The predicted molar refractivity (Wildman–Crippen MR) is 160 cm³/mol. The van der Waals surface area contributed by atoms with Crippen LogP contribution in [0.5, 0.6) is 0 Å². The Morgan fingerprint density at radius 1 is 0.487 bits per heavy atom. The summed E-state index contributed by atoms with van der Waals surface area (Å²) >= 11 is 0. The van der Waals surface area contributed by atoms with Gasteiger partial charge in [0.1, 0.15) is 5.52 Å². The summed E-state index contributed by atoms with van der Waals surface area (Å²) in [4.78, 5) is 4.32. The van der Waals surface area contributed by atoms with Crippen LogP contribution in [-0.4, -0.2) is 14.1 Å². The van der Waals surface area contributed by atoms with Gasteiger partial charge in [0.15, 0.2) is 12.0 Å². The van der Waals surface area contributed by atoms with Gasteiger partial charge in [0.2, 0.25) is 0 Å². The highest BCUT2D eigenvalue weighted by molar-refractivity contribution is 6.23. The van der Waals surface area contributed by atoms with Crippen molar-refractivity contribution < 1.29 is 4.42 Å². The molecule has 9 rings (SSSR count). The molecule has 3 heterocycles. The Hall–Kier alpha value is -5.35. The van der Waals surface area contributed by atoms with Crippen molar-refractivity contribution in [3.05, 3.63) is 128 Å². The van der Waals surface area contributed by atoms with E-state index in [2.05, 4.69) is 129 Å². The van der Waals surface area contributed by atoms with E-state index in [1.807, 2.05) is 6.07 Å². The number of oxazole rings is 1. The molecule has 0 fully saturated rings. The minimum atomic E-state index is 0.782. The number of benzene rings is 6. The van der Waals surface area contributed by atoms with E-state index in [1.54, 1.807) is 0 Å². The number of rotatable bonds is 2. The van der Waals surface area contributed by atoms with Crippen molar-refractivity contribution in [2.75, 3.05) is 0 Å². The highest BCUT2D eigenvalue weighted by Gasteiger charge is 2.19. The molecule has 39 heavy (non-hydrogen) atoms. The zero-order valence-corrected chi connectivity index (χ0v) is 20.9. The van der Waals surface area contributed by atoms with E-state index in [9.17, 15) is 0 Å². The summed E-state index contributed by atoms with van der Waals surface area (Å²) in [6, 6.07) is 43.5. The van der Waals surface area contributed by atoms with E-state index < -0.39 is 0 Å². The smallest absolute Gasteiger partial charge is 0.181 e. The summed E-state index contributed by atoms with van der Waals surface area (Å²) in [5, 5.41) is 7.47. The molecular weight excluding hydrogens is 478 g/mol. The van der Waals surface area contributed by atoms with Crippen molar-refractivity contribution in [3.63, 3.8) is 0 Å². The summed E-state index contributed by atoms with van der Waals surface area (Å²) in [6.45, 7) is 0. The Morgan fingerprint density at radius 3 is 2.18 bits per heavy atom. The number of nitrogens with zero attached hydrogens (tertiary/aromatic N) is 3. The van der Waals surface area contributed by atoms with Gasteiger partial charge in [-0.2, -0.15) is 0 Å². The minimum Gasteiger partial charge on any atom is -0.443 e. The van der Waals surface area contributed by atoms with Gasteiger partial charge in [0.25, 0.3) is 0 Å². The fourth-order valence-corrected chi connectivity index (χ4v) is 6.34. The first-order valence-electron chi connectivity index (χ1n) is 13.1. The molecule has 0 radical (unpaired) electrons. The molecule has 0 aliphatic heterocycles. The maximum atomic E-state index is 5.68. The first kappa shape index (κ1) is 20.7. The molecule has 0 aliphatic carbocycles. The lowest BCUT2D eigenvalue weighted by molar-refractivity contribution is 0.602. The third-order valence-electron chi connectivity index (χ3n) is 8.03. The molecule has 0 bridgehead atoms. The van der Waals surface area contributed by atoms with Gasteiger partial charge in [-0.25, -0.2) is 4.98 Å². The minimum absolute atomic E-state index is 0.782. The van der Waals surface area contributed by atoms with Crippen LogP contribution >= 0.6 is 0 Å². The van der Waals surface area contributed by atoms with Crippen LogP contribution < -0.4 is 0 Å². The number of hydrogen-bond acceptors (Lipinski definition) is 2. The normalized spacial score (nSPS) is 12.1. The summed E-state index contributed by atoms with van der Waals surface area (Å²) in [6.07, 6.45) is 1.51. The molecule has 0 aliphatic rings. The van der Waals surface area contributed by atoms with Crippen molar-refractivity contribution in [2.24, 2.45) is 0 Å². The van der Waals surface area contributed by atoms with Gasteiger partial charge in [0, 0.05) is 38.7 Å². The highest BCUT2D eigenvalue weighted by Crippen LogP contribution is 2.41. The van der Waals surface area contributed by atoms with Crippen LogP contribution in [0.4, 0.5) is 0 Å². The van der Waals surface area contributed by atoms with Gasteiger partial charge in [-0.05, 0) is 47.9 Å². The second-order valence-electron chi connectivity index (χ2n) is 10.1. The third-order valence-corrected chi connectivity index (χ3v) is 8.03. The van der Waals surface area contributed by atoms with Crippen molar-refractivity contribution in [1.82, 2.24) is 14.1 Å². The van der Waals surface area contributed by atoms with Gasteiger partial charge >= 0.3 is 0 Å². The van der Waals surface area contributed by atoms with Crippen molar-refractivity contribution >= 4 is 65.5 Å². The van der Waals surface area contributed by atoms with Crippen LogP contribution in [0.15, 0.2) is 132 Å². The zero-order valence-electron chi connectivity index (χ0n) is 20.9. The molecule has 0 amide bonds. The second-order valence-corrected chi connectivity index (χ2v) is 10.1. The van der Waals surface area contributed by atoms with Crippen molar-refractivity contribution in [3.8, 4) is 11.4 Å². The van der Waals surface area contributed by atoms with Crippen molar-refractivity contribution in [1.29, 1.82) is 0 Å². The standard InChI is InChI=1S/C35H21N3O/c1-2-9-23(10-3-1)38-33-20-32-28(19-29(33)27-16-14-22-8-4-5-11-25(22)35(27)38)26-12-6-7-13-31(26)37(32)24-15-17-30-34(18-24)39-21-36-30/h1-21H. The van der Waals surface area contributed by atoms with E-state index >= 15 is 0 Å². The van der Waals surface area contributed by atoms with Crippen LogP contribution in [-0.2, 0) is 0 Å². The lowest BCUT2D eigenvalue weighted by Crippen LogP contribution is -1.96. The maximum Gasteiger partial charge on any atom is 0.181 e. The molecule has 6 aromatic carbocycles. The Labute approximate surface area is 222 Å². The third kappa shape index (κ3) is 2.80. The first-order chi connectivity index (χ1) is 19.3. The molecule has 0 unspecified atom stereocenters. The Kier molecular flexibility index (Phi) is 4.02. The molecule has 3 aromatic heterocycles. The fourth-order valence-electron chi connectivity index (χ4n) is 6.34. The molecule has 0 N–H and O–H groups in total. The monoisotopic (exact) mass is 499 g/mol. The van der Waals surface area contributed by atoms with E-state index in [4.69, 9.17) is 4.42 Å². The zero-order chi connectivity index (χ0) is 25.5. The quantitative estimate of drug-likeness (QED) is 0.238. The van der Waals surface area contributed by atoms with Crippen LogP contribution in [0.2, 0.25) is 0 Å². The largest absolute Gasteiger partial charge is 0.443 e. The Morgan fingerprint density at radius 2 is 1.26 bits per heavy atom. The molecule has 4 nitrogen and oxygen atoms in total. The molecule has 0 atom stereocenters. The summed E-state index contributed by atoms with van der Waals surface area (Å²) in [5.74, 6) is 0. The Bertz CT molecular complexity index is 2390. The van der Waals surface area contributed by atoms with Gasteiger partial charge in [0.05, 0.1) is 27.8 Å². The molecule has 182 valence electrons. The fraction of sp³-hybridized carbons (Fsp3) is 0.